The lowest BCUT2D eigenvalue weighted by Gasteiger charge is -2.35. The molecule has 1 aliphatic rings. The Morgan fingerprint density at radius 3 is 2.26 bits per heavy atom. The maximum Gasteiger partial charge on any atom is 0.410 e. The summed E-state index contributed by atoms with van der Waals surface area (Å²) in [5.41, 5.74) is 1.77. The predicted molar refractivity (Wildman–Crippen MR) is 157 cm³/mol. The summed E-state index contributed by atoms with van der Waals surface area (Å²) in [6, 6.07) is 12.5. The van der Waals surface area contributed by atoms with Gasteiger partial charge in [0.2, 0.25) is 10.0 Å². The van der Waals surface area contributed by atoms with Crippen LogP contribution in [0.25, 0.3) is 11.4 Å². The monoisotopic (exact) mass is 597 g/mol. The van der Waals surface area contributed by atoms with Gasteiger partial charge in [0.15, 0.2) is 5.82 Å². The number of nitriles is 1. The van der Waals surface area contributed by atoms with Gasteiger partial charge in [-0.2, -0.15) is 9.57 Å². The summed E-state index contributed by atoms with van der Waals surface area (Å²) in [4.78, 5) is 14.0. The van der Waals surface area contributed by atoms with Crippen molar-refractivity contribution in [3.8, 4) is 29.0 Å². The normalized spacial score (nSPS) is 14.0. The van der Waals surface area contributed by atoms with Gasteiger partial charge in [-0.1, -0.05) is 19.9 Å². The quantitative estimate of drug-likeness (QED) is 0.370. The van der Waals surface area contributed by atoms with Crippen LogP contribution >= 0.6 is 0 Å². The van der Waals surface area contributed by atoms with Crippen LogP contribution in [0, 0.1) is 25.2 Å². The van der Waals surface area contributed by atoms with E-state index in [0.29, 0.717) is 17.1 Å². The number of benzene rings is 2. The topological polar surface area (TPSA) is 144 Å². The minimum atomic E-state index is -4.06. The lowest BCUT2D eigenvalue weighted by Crippen LogP contribution is -2.51. The second-order valence-corrected chi connectivity index (χ2v) is 12.5. The molecule has 0 atom stereocenters. The molecule has 13 heteroatoms. The maximum atomic E-state index is 14.0. The molecule has 2 heterocycles. The number of rotatable bonds is 7. The predicted octanol–water partition coefficient (Wildman–Crippen LogP) is 4.93. The van der Waals surface area contributed by atoms with Gasteiger partial charge in [0, 0.05) is 31.7 Å². The average Bonchev–Trinajstić information content (AvgIpc) is 3.40. The molecule has 1 saturated heterocycles. The second kappa shape index (κ2) is 13.8. The molecule has 4 rings (SSSR count). The molecule has 0 radical (unpaired) electrons. The van der Waals surface area contributed by atoms with Gasteiger partial charge in [-0.05, 0) is 86.5 Å². The molecule has 3 aromatic rings. The number of carbonyl (C=O) groups is 1. The highest BCUT2D eigenvalue weighted by molar-refractivity contribution is 7.89. The number of amides is 1. The summed E-state index contributed by atoms with van der Waals surface area (Å²) in [5, 5.41) is 20.7. The highest BCUT2D eigenvalue weighted by atomic mass is 32.2. The third-order valence-electron chi connectivity index (χ3n) is 6.10. The molecule has 0 N–H and O–H groups in total. The number of hydrogen-bond acceptors (Lipinski definition) is 9. The number of tetrazole rings is 1. The Kier molecular flexibility index (Phi) is 10.6. The lowest BCUT2D eigenvalue weighted by atomic mass is 10.1. The van der Waals surface area contributed by atoms with Gasteiger partial charge in [0.25, 0.3) is 0 Å². The van der Waals surface area contributed by atoms with Crippen molar-refractivity contribution in [1.29, 1.82) is 5.26 Å². The smallest absolute Gasteiger partial charge is 0.410 e. The summed E-state index contributed by atoms with van der Waals surface area (Å²) in [6.45, 7) is 14.0. The van der Waals surface area contributed by atoms with Crippen molar-refractivity contribution >= 4 is 16.1 Å². The number of hydrogen-bond donors (Lipinski definition) is 0. The molecular formula is C29H39N7O5S. The highest BCUT2D eigenvalue weighted by Crippen LogP contribution is 2.35. The maximum absolute atomic E-state index is 14.0. The molecule has 0 saturated carbocycles. The number of nitrogens with zero attached hydrogens (tertiary/aromatic N) is 7. The Morgan fingerprint density at radius 1 is 1.02 bits per heavy atom. The molecule has 42 heavy (non-hydrogen) atoms. The van der Waals surface area contributed by atoms with E-state index in [0.717, 1.165) is 11.1 Å². The van der Waals surface area contributed by atoms with Crippen LogP contribution in [0.3, 0.4) is 0 Å². The summed E-state index contributed by atoms with van der Waals surface area (Å²) in [5.74, 6) is 0.995. The molecule has 0 unspecified atom stereocenters. The molecule has 0 spiro atoms. The van der Waals surface area contributed by atoms with Crippen LogP contribution in [0.15, 0.2) is 41.3 Å². The van der Waals surface area contributed by atoms with Crippen molar-refractivity contribution in [2.45, 2.75) is 71.9 Å². The molecule has 2 aromatic carbocycles. The van der Waals surface area contributed by atoms with Gasteiger partial charge < -0.3 is 14.4 Å². The standard InChI is InChI=1S/C27H33N7O5S.C2H6/c1-19-15-20(2)17-22(16-19)38-23-8-7-21(25-29-30-31-34(25)10-6-9-28)18-24(23)40(36,37)33-13-11-32(12-14-33)26(35)39-27(3,4)5;1-2/h7-8,15-18H,6,10-14H2,1-5H3;1-2H3. The molecule has 0 aliphatic carbocycles. The molecule has 1 aliphatic heterocycles. The molecule has 12 nitrogen and oxygen atoms in total. The first-order valence-electron chi connectivity index (χ1n) is 13.9. The Labute approximate surface area is 247 Å². The number of piperazine rings is 1. The lowest BCUT2D eigenvalue weighted by molar-refractivity contribution is 0.0192. The van der Waals surface area contributed by atoms with Crippen LogP contribution in [0.1, 0.15) is 52.2 Å². The van der Waals surface area contributed by atoms with Crippen molar-refractivity contribution < 1.29 is 22.7 Å². The Hall–Kier alpha value is -4.02. The van der Waals surface area contributed by atoms with E-state index in [1.165, 1.54) is 20.0 Å². The van der Waals surface area contributed by atoms with Crippen LogP contribution in [0.4, 0.5) is 4.79 Å². The Bertz CT molecular complexity index is 1510. The summed E-state index contributed by atoms with van der Waals surface area (Å²) < 4.78 is 42.4. The van der Waals surface area contributed by atoms with Crippen molar-refractivity contribution in [2.75, 3.05) is 26.2 Å². The summed E-state index contributed by atoms with van der Waals surface area (Å²) >= 11 is 0. The van der Waals surface area contributed by atoms with E-state index in [4.69, 9.17) is 14.7 Å². The number of sulfonamides is 1. The molecule has 1 aromatic heterocycles. The van der Waals surface area contributed by atoms with Crippen LogP contribution in [0.2, 0.25) is 0 Å². The minimum absolute atomic E-state index is 0.0512. The Morgan fingerprint density at radius 2 is 1.67 bits per heavy atom. The van der Waals surface area contributed by atoms with Crippen LogP contribution < -0.4 is 4.74 Å². The van der Waals surface area contributed by atoms with Gasteiger partial charge in [-0.15, -0.1) is 5.10 Å². The fraction of sp³-hybridized carbons (Fsp3) is 0.483. The fourth-order valence-electron chi connectivity index (χ4n) is 4.35. The number of aromatic nitrogens is 4. The van der Waals surface area contributed by atoms with Crippen molar-refractivity contribution in [3.05, 3.63) is 47.5 Å². The van der Waals surface area contributed by atoms with Gasteiger partial charge in [-0.3, -0.25) is 0 Å². The number of ether oxygens (including phenoxy) is 2. The third-order valence-corrected chi connectivity index (χ3v) is 8.02. The van der Waals surface area contributed by atoms with Crippen molar-refractivity contribution in [3.63, 3.8) is 0 Å². The number of carbonyl (C=O) groups excluding carboxylic acids is 1. The zero-order chi connectivity index (χ0) is 31.1. The fourth-order valence-corrected chi connectivity index (χ4v) is 5.91. The first-order chi connectivity index (χ1) is 19.9. The van der Waals surface area contributed by atoms with E-state index in [9.17, 15) is 13.2 Å². The minimum Gasteiger partial charge on any atom is -0.456 e. The van der Waals surface area contributed by atoms with Crippen LogP contribution in [-0.2, 0) is 21.3 Å². The van der Waals surface area contributed by atoms with E-state index < -0.39 is 21.7 Å². The summed E-state index contributed by atoms with van der Waals surface area (Å²) in [7, 11) is -4.06. The molecular weight excluding hydrogens is 558 g/mol. The van der Waals surface area contributed by atoms with E-state index in [2.05, 4.69) is 21.6 Å². The summed E-state index contributed by atoms with van der Waals surface area (Å²) in [6.07, 6.45) is -0.284. The molecule has 1 fully saturated rings. The van der Waals surface area contributed by atoms with E-state index in [1.807, 2.05) is 45.9 Å². The van der Waals surface area contributed by atoms with E-state index in [1.54, 1.807) is 32.9 Å². The van der Waals surface area contributed by atoms with Crippen molar-refractivity contribution in [2.24, 2.45) is 0 Å². The highest BCUT2D eigenvalue weighted by Gasteiger charge is 2.34. The average molecular weight is 598 g/mol. The van der Waals surface area contributed by atoms with Crippen LogP contribution in [0.5, 0.6) is 11.5 Å². The largest absolute Gasteiger partial charge is 0.456 e. The third kappa shape index (κ3) is 8.04. The SMILES string of the molecule is CC.Cc1cc(C)cc(Oc2ccc(-c3nnnn3CCC#N)cc2S(=O)(=O)N2CCN(C(=O)OC(C)(C)C)CC2)c1. The first-order valence-corrected chi connectivity index (χ1v) is 15.3. The molecule has 226 valence electrons. The zero-order valence-electron chi connectivity index (χ0n) is 25.3. The van der Waals surface area contributed by atoms with Crippen LogP contribution in [-0.4, -0.2) is 75.7 Å². The van der Waals surface area contributed by atoms with Crippen molar-refractivity contribution in [1.82, 2.24) is 29.4 Å². The number of aryl methyl sites for hydroxylation is 3. The van der Waals surface area contributed by atoms with E-state index >= 15 is 0 Å². The van der Waals surface area contributed by atoms with Gasteiger partial charge in [0.05, 0.1) is 19.0 Å². The van der Waals surface area contributed by atoms with Gasteiger partial charge in [0.1, 0.15) is 22.0 Å². The van der Waals surface area contributed by atoms with E-state index in [-0.39, 0.29) is 49.8 Å². The Balaban J connectivity index is 0.00000237. The second-order valence-electron chi connectivity index (χ2n) is 10.6. The zero-order valence-corrected chi connectivity index (χ0v) is 26.1. The molecule has 0 bridgehead atoms. The first kappa shape index (κ1) is 32.5. The molecule has 1 amide bonds. The van der Waals surface area contributed by atoms with Gasteiger partial charge >= 0.3 is 6.09 Å². The van der Waals surface area contributed by atoms with Gasteiger partial charge in [-0.25, -0.2) is 17.9 Å².